The molecule has 0 saturated heterocycles. The van der Waals surface area contributed by atoms with E-state index in [1.54, 1.807) is 0 Å². The van der Waals surface area contributed by atoms with Crippen molar-refractivity contribution in [2.75, 3.05) is 12.5 Å². The van der Waals surface area contributed by atoms with E-state index in [2.05, 4.69) is 0 Å². The maximum absolute atomic E-state index is 11.9. The van der Waals surface area contributed by atoms with Crippen molar-refractivity contribution < 1.29 is 16.8 Å². The van der Waals surface area contributed by atoms with Gasteiger partial charge in [-0.05, 0) is 30.3 Å². The Labute approximate surface area is 129 Å². The molecule has 0 aromatic heterocycles. The molecule has 0 aliphatic carbocycles. The molecule has 112 valence electrons. The van der Waals surface area contributed by atoms with E-state index >= 15 is 0 Å². The van der Waals surface area contributed by atoms with Crippen LogP contribution in [0.5, 0.6) is 0 Å². The molecule has 21 heavy (non-hydrogen) atoms. The van der Waals surface area contributed by atoms with Crippen molar-refractivity contribution in [3.05, 3.63) is 48.5 Å². The summed E-state index contributed by atoms with van der Waals surface area (Å²) < 4.78 is 47.0. The van der Waals surface area contributed by atoms with Gasteiger partial charge in [-0.15, -0.1) is 0 Å². The van der Waals surface area contributed by atoms with Crippen molar-refractivity contribution >= 4 is 31.4 Å². The maximum Gasteiger partial charge on any atom is 0.176 e. The first-order valence-corrected chi connectivity index (χ1v) is 10.5. The molecule has 2 aromatic carbocycles. The van der Waals surface area contributed by atoms with Crippen LogP contribution in [0.15, 0.2) is 68.1 Å². The van der Waals surface area contributed by atoms with Gasteiger partial charge in [0, 0.05) is 22.3 Å². The molecular weight excluding hydrogens is 328 g/mol. The SMILES string of the molecule is CS(=O)(=O)c1ccc(Sc2ccccc2)c(S(C)(=O)=O)c1. The molecule has 7 heteroatoms. The Kier molecular flexibility index (Phi) is 4.46. The second kappa shape index (κ2) is 5.82. The smallest absolute Gasteiger partial charge is 0.176 e. The zero-order chi connectivity index (χ0) is 15.7. The summed E-state index contributed by atoms with van der Waals surface area (Å²) in [7, 11) is -6.97. The van der Waals surface area contributed by atoms with Gasteiger partial charge in [-0.3, -0.25) is 0 Å². The van der Waals surface area contributed by atoms with E-state index in [4.69, 9.17) is 0 Å². The third kappa shape index (κ3) is 4.09. The molecule has 0 aliphatic heterocycles. The minimum atomic E-state index is -3.52. The van der Waals surface area contributed by atoms with E-state index in [-0.39, 0.29) is 9.79 Å². The van der Waals surface area contributed by atoms with Crippen molar-refractivity contribution in [1.29, 1.82) is 0 Å². The standard InChI is InChI=1S/C14H14O4S3/c1-20(15,16)12-8-9-13(14(10-12)21(2,17)18)19-11-6-4-3-5-7-11/h3-10H,1-2H3. The van der Waals surface area contributed by atoms with Gasteiger partial charge < -0.3 is 0 Å². The van der Waals surface area contributed by atoms with Crippen LogP contribution in [0.25, 0.3) is 0 Å². The lowest BCUT2D eigenvalue weighted by molar-refractivity contribution is 0.598. The Morgan fingerprint density at radius 3 is 1.95 bits per heavy atom. The van der Waals surface area contributed by atoms with E-state index in [1.807, 2.05) is 30.3 Å². The zero-order valence-electron chi connectivity index (χ0n) is 11.5. The molecule has 4 nitrogen and oxygen atoms in total. The van der Waals surface area contributed by atoms with Gasteiger partial charge in [-0.25, -0.2) is 16.8 Å². The normalized spacial score (nSPS) is 12.3. The highest BCUT2D eigenvalue weighted by Gasteiger charge is 2.18. The molecular formula is C14H14O4S3. The Hall–Kier alpha value is -1.31. The van der Waals surface area contributed by atoms with Gasteiger partial charge >= 0.3 is 0 Å². The van der Waals surface area contributed by atoms with E-state index in [0.29, 0.717) is 4.90 Å². The number of sulfone groups is 2. The van der Waals surface area contributed by atoms with Gasteiger partial charge in [-0.2, -0.15) is 0 Å². The Balaban J connectivity index is 2.57. The van der Waals surface area contributed by atoms with Gasteiger partial charge in [0.25, 0.3) is 0 Å². The first kappa shape index (κ1) is 16.1. The summed E-state index contributed by atoms with van der Waals surface area (Å²) >= 11 is 1.29. The first-order valence-electron chi connectivity index (χ1n) is 5.95. The van der Waals surface area contributed by atoms with E-state index in [0.717, 1.165) is 17.4 Å². The molecule has 0 fully saturated rings. The van der Waals surface area contributed by atoms with Crippen LogP contribution >= 0.6 is 11.8 Å². The van der Waals surface area contributed by atoms with Crippen LogP contribution < -0.4 is 0 Å². The number of hydrogen-bond donors (Lipinski definition) is 0. The maximum atomic E-state index is 11.9. The molecule has 0 radical (unpaired) electrons. The summed E-state index contributed by atoms with van der Waals surface area (Å²) in [5.41, 5.74) is 0. The van der Waals surface area contributed by atoms with Crippen LogP contribution in [0, 0.1) is 0 Å². The predicted molar refractivity (Wildman–Crippen MR) is 83.2 cm³/mol. The van der Waals surface area contributed by atoms with Gasteiger partial charge in [0.15, 0.2) is 19.7 Å². The summed E-state index contributed by atoms with van der Waals surface area (Å²) in [6.07, 6.45) is 2.13. The van der Waals surface area contributed by atoms with Gasteiger partial charge in [0.1, 0.15) is 0 Å². The average molecular weight is 342 g/mol. The fourth-order valence-electron chi connectivity index (χ4n) is 1.71. The van der Waals surface area contributed by atoms with Crippen LogP contribution in [-0.2, 0) is 19.7 Å². The van der Waals surface area contributed by atoms with Crippen molar-refractivity contribution in [2.24, 2.45) is 0 Å². The van der Waals surface area contributed by atoms with Crippen molar-refractivity contribution in [1.82, 2.24) is 0 Å². The zero-order valence-corrected chi connectivity index (χ0v) is 13.9. The van der Waals surface area contributed by atoms with Crippen LogP contribution in [-0.4, -0.2) is 29.3 Å². The Morgan fingerprint density at radius 2 is 1.43 bits per heavy atom. The molecule has 0 saturated carbocycles. The third-order valence-electron chi connectivity index (χ3n) is 2.71. The molecule has 2 aromatic rings. The van der Waals surface area contributed by atoms with Crippen LogP contribution in [0.2, 0.25) is 0 Å². The third-order valence-corrected chi connectivity index (χ3v) is 6.17. The Morgan fingerprint density at radius 1 is 0.810 bits per heavy atom. The summed E-state index contributed by atoms with van der Waals surface area (Å²) in [4.78, 5) is 1.42. The van der Waals surface area contributed by atoms with Gasteiger partial charge in [-0.1, -0.05) is 30.0 Å². The highest BCUT2D eigenvalue weighted by atomic mass is 32.2. The van der Waals surface area contributed by atoms with Crippen molar-refractivity contribution in [3.63, 3.8) is 0 Å². The molecule has 0 atom stereocenters. The second-order valence-electron chi connectivity index (χ2n) is 4.57. The van der Waals surface area contributed by atoms with Crippen molar-refractivity contribution in [3.8, 4) is 0 Å². The molecule has 0 bridgehead atoms. The molecule has 0 aliphatic rings. The molecule has 0 N–H and O–H groups in total. The summed E-state index contributed by atoms with van der Waals surface area (Å²) in [5, 5.41) is 0. The lowest BCUT2D eigenvalue weighted by Crippen LogP contribution is -2.03. The highest BCUT2D eigenvalue weighted by molar-refractivity contribution is 8.00. The summed E-state index contributed by atoms with van der Waals surface area (Å²) in [6.45, 7) is 0. The van der Waals surface area contributed by atoms with Gasteiger partial charge in [0.2, 0.25) is 0 Å². The number of rotatable bonds is 4. The minimum Gasteiger partial charge on any atom is -0.224 e. The molecule has 0 heterocycles. The van der Waals surface area contributed by atoms with Crippen LogP contribution in [0.3, 0.4) is 0 Å². The lowest BCUT2D eigenvalue weighted by Gasteiger charge is -2.09. The van der Waals surface area contributed by atoms with Crippen LogP contribution in [0.4, 0.5) is 0 Å². The van der Waals surface area contributed by atoms with Crippen molar-refractivity contribution in [2.45, 2.75) is 19.6 Å². The minimum absolute atomic E-state index is 0.000312. The van der Waals surface area contributed by atoms with E-state index in [1.165, 1.54) is 30.0 Å². The second-order valence-corrected chi connectivity index (χ2v) is 9.68. The van der Waals surface area contributed by atoms with Gasteiger partial charge in [0.05, 0.1) is 9.79 Å². The monoisotopic (exact) mass is 342 g/mol. The number of hydrogen-bond acceptors (Lipinski definition) is 5. The van der Waals surface area contributed by atoms with E-state index in [9.17, 15) is 16.8 Å². The molecule has 0 spiro atoms. The quantitative estimate of drug-likeness (QED) is 0.854. The topological polar surface area (TPSA) is 68.3 Å². The summed E-state index contributed by atoms with van der Waals surface area (Å²) in [5.74, 6) is 0. The van der Waals surface area contributed by atoms with Crippen LogP contribution in [0.1, 0.15) is 0 Å². The first-order chi connectivity index (χ1) is 9.68. The molecule has 0 unspecified atom stereocenters. The van der Waals surface area contributed by atoms with E-state index < -0.39 is 19.7 Å². The fourth-order valence-corrected chi connectivity index (χ4v) is 4.63. The lowest BCUT2D eigenvalue weighted by atomic mass is 10.4. The fraction of sp³-hybridized carbons (Fsp3) is 0.143. The highest BCUT2D eigenvalue weighted by Crippen LogP contribution is 2.34. The molecule has 0 amide bonds. The predicted octanol–water partition coefficient (Wildman–Crippen LogP) is 2.64. The largest absolute Gasteiger partial charge is 0.224 e. The Bertz CT molecular complexity index is 854. The molecule has 2 rings (SSSR count). The summed E-state index contributed by atoms with van der Waals surface area (Å²) in [6, 6.07) is 13.5. The number of benzene rings is 2. The average Bonchev–Trinajstić information content (AvgIpc) is 2.38.